The molecule has 0 saturated heterocycles. The van der Waals surface area contributed by atoms with Gasteiger partial charge in [-0.15, -0.1) is 0 Å². The summed E-state index contributed by atoms with van der Waals surface area (Å²) >= 11 is 0. The Labute approximate surface area is 123 Å². The molecule has 1 heterocycles. The van der Waals surface area contributed by atoms with Crippen LogP contribution in [0, 0.1) is 5.92 Å². The van der Waals surface area contributed by atoms with Crippen LogP contribution < -0.4 is 5.32 Å². The molecule has 1 N–H and O–H groups in total. The Kier molecular flexibility index (Phi) is 8.35. The molecule has 20 heavy (non-hydrogen) atoms. The number of rotatable bonds is 11. The second-order valence-electron chi connectivity index (χ2n) is 5.86. The SMILES string of the molecule is CCOCCCn1ccnc1NC(C)CCCC(C)C. The van der Waals surface area contributed by atoms with Gasteiger partial charge in [0.05, 0.1) is 0 Å². The highest BCUT2D eigenvalue weighted by Gasteiger charge is 2.07. The fourth-order valence-corrected chi connectivity index (χ4v) is 2.24. The summed E-state index contributed by atoms with van der Waals surface area (Å²) in [4.78, 5) is 4.41. The maximum Gasteiger partial charge on any atom is 0.202 e. The minimum absolute atomic E-state index is 0.474. The van der Waals surface area contributed by atoms with Gasteiger partial charge in [0.15, 0.2) is 0 Å². The predicted molar refractivity (Wildman–Crippen MR) is 85.1 cm³/mol. The summed E-state index contributed by atoms with van der Waals surface area (Å²) in [5, 5.41) is 3.52. The molecule has 4 heteroatoms. The van der Waals surface area contributed by atoms with E-state index in [1.54, 1.807) is 0 Å². The largest absolute Gasteiger partial charge is 0.382 e. The van der Waals surface area contributed by atoms with Gasteiger partial charge in [-0.25, -0.2) is 4.98 Å². The summed E-state index contributed by atoms with van der Waals surface area (Å²) in [7, 11) is 0. The fourth-order valence-electron chi connectivity index (χ4n) is 2.24. The lowest BCUT2D eigenvalue weighted by Gasteiger charge is -2.16. The average Bonchev–Trinajstić information content (AvgIpc) is 2.81. The number of hydrogen-bond donors (Lipinski definition) is 1. The van der Waals surface area contributed by atoms with Crippen molar-refractivity contribution >= 4 is 5.95 Å². The Morgan fingerprint density at radius 2 is 2.05 bits per heavy atom. The Morgan fingerprint density at radius 3 is 2.75 bits per heavy atom. The molecule has 116 valence electrons. The molecule has 1 atom stereocenters. The molecule has 0 aromatic carbocycles. The molecular formula is C16H31N3O. The summed E-state index contributed by atoms with van der Waals surface area (Å²) in [6.45, 7) is 11.4. The zero-order valence-electron chi connectivity index (χ0n) is 13.6. The van der Waals surface area contributed by atoms with Gasteiger partial charge in [-0.3, -0.25) is 0 Å². The molecule has 0 fully saturated rings. The molecule has 0 saturated carbocycles. The van der Waals surface area contributed by atoms with E-state index in [1.165, 1.54) is 19.3 Å². The Balaban J connectivity index is 2.30. The quantitative estimate of drug-likeness (QED) is 0.624. The highest BCUT2D eigenvalue weighted by molar-refractivity contribution is 5.27. The lowest BCUT2D eigenvalue weighted by molar-refractivity contribution is 0.142. The number of aromatic nitrogens is 2. The van der Waals surface area contributed by atoms with Gasteiger partial charge in [-0.1, -0.05) is 26.7 Å². The minimum Gasteiger partial charge on any atom is -0.382 e. The van der Waals surface area contributed by atoms with Gasteiger partial charge in [-0.2, -0.15) is 0 Å². The Bertz CT molecular complexity index is 349. The van der Waals surface area contributed by atoms with Crippen molar-refractivity contribution in [2.24, 2.45) is 5.92 Å². The van der Waals surface area contributed by atoms with E-state index in [0.717, 1.165) is 38.0 Å². The van der Waals surface area contributed by atoms with Crippen LogP contribution in [0.2, 0.25) is 0 Å². The predicted octanol–water partition coefficient (Wildman–Crippen LogP) is 3.94. The molecule has 0 aliphatic heterocycles. The van der Waals surface area contributed by atoms with E-state index in [2.05, 4.69) is 35.6 Å². The summed E-state index contributed by atoms with van der Waals surface area (Å²) < 4.78 is 7.55. The molecule has 1 aromatic rings. The van der Waals surface area contributed by atoms with Crippen LogP contribution in [0.4, 0.5) is 5.95 Å². The zero-order chi connectivity index (χ0) is 14.8. The molecular weight excluding hydrogens is 250 g/mol. The number of aryl methyl sites for hydroxylation is 1. The van der Waals surface area contributed by atoms with Crippen molar-refractivity contribution in [1.82, 2.24) is 9.55 Å². The Morgan fingerprint density at radius 1 is 1.25 bits per heavy atom. The molecule has 0 radical (unpaired) electrons. The van der Waals surface area contributed by atoms with E-state index in [4.69, 9.17) is 4.74 Å². The van der Waals surface area contributed by atoms with Gasteiger partial charge in [0, 0.05) is 38.2 Å². The standard InChI is InChI=1S/C16H31N3O/c1-5-20-13-7-11-19-12-10-17-16(19)18-15(4)9-6-8-14(2)3/h10,12,14-15H,5-9,11,13H2,1-4H3,(H,17,18). The van der Waals surface area contributed by atoms with Crippen LogP contribution in [0.1, 0.15) is 53.4 Å². The molecule has 0 amide bonds. The van der Waals surface area contributed by atoms with Crippen molar-refractivity contribution in [3.8, 4) is 0 Å². The van der Waals surface area contributed by atoms with Crippen molar-refractivity contribution in [3.05, 3.63) is 12.4 Å². The number of ether oxygens (including phenoxy) is 1. The molecule has 1 aromatic heterocycles. The van der Waals surface area contributed by atoms with E-state index >= 15 is 0 Å². The number of imidazole rings is 1. The highest BCUT2D eigenvalue weighted by atomic mass is 16.5. The molecule has 0 bridgehead atoms. The van der Waals surface area contributed by atoms with Crippen LogP contribution in [0.5, 0.6) is 0 Å². The van der Waals surface area contributed by atoms with Crippen LogP contribution in [0.25, 0.3) is 0 Å². The maximum absolute atomic E-state index is 5.37. The summed E-state index contributed by atoms with van der Waals surface area (Å²) in [6, 6.07) is 0.474. The highest BCUT2D eigenvalue weighted by Crippen LogP contribution is 2.12. The van der Waals surface area contributed by atoms with Crippen LogP contribution in [0.15, 0.2) is 12.4 Å². The normalized spacial score (nSPS) is 12.8. The van der Waals surface area contributed by atoms with Crippen molar-refractivity contribution < 1.29 is 4.74 Å². The fraction of sp³-hybridized carbons (Fsp3) is 0.812. The van der Waals surface area contributed by atoms with Gasteiger partial charge in [0.1, 0.15) is 0 Å². The third-order valence-corrected chi connectivity index (χ3v) is 3.40. The minimum atomic E-state index is 0.474. The van der Waals surface area contributed by atoms with E-state index < -0.39 is 0 Å². The van der Waals surface area contributed by atoms with Crippen molar-refractivity contribution in [2.75, 3.05) is 18.5 Å². The Hall–Kier alpha value is -1.03. The number of nitrogens with zero attached hydrogens (tertiary/aromatic N) is 2. The van der Waals surface area contributed by atoms with Gasteiger partial charge in [0.25, 0.3) is 0 Å². The van der Waals surface area contributed by atoms with Gasteiger partial charge in [0.2, 0.25) is 5.95 Å². The summed E-state index contributed by atoms with van der Waals surface area (Å²) in [5.41, 5.74) is 0. The molecule has 4 nitrogen and oxygen atoms in total. The number of anilines is 1. The van der Waals surface area contributed by atoms with Gasteiger partial charge >= 0.3 is 0 Å². The van der Waals surface area contributed by atoms with Crippen LogP contribution in [-0.2, 0) is 11.3 Å². The number of hydrogen-bond acceptors (Lipinski definition) is 3. The zero-order valence-corrected chi connectivity index (χ0v) is 13.6. The first kappa shape index (κ1) is 17.0. The van der Waals surface area contributed by atoms with E-state index in [0.29, 0.717) is 6.04 Å². The van der Waals surface area contributed by atoms with E-state index in [-0.39, 0.29) is 0 Å². The van der Waals surface area contributed by atoms with E-state index in [1.807, 2.05) is 19.3 Å². The molecule has 0 aliphatic carbocycles. The summed E-state index contributed by atoms with van der Waals surface area (Å²) in [6.07, 6.45) is 8.70. The molecule has 1 rings (SSSR count). The van der Waals surface area contributed by atoms with Crippen LogP contribution in [-0.4, -0.2) is 28.8 Å². The topological polar surface area (TPSA) is 39.1 Å². The third-order valence-electron chi connectivity index (χ3n) is 3.40. The first-order valence-corrected chi connectivity index (χ1v) is 7.98. The van der Waals surface area contributed by atoms with Crippen molar-refractivity contribution in [1.29, 1.82) is 0 Å². The van der Waals surface area contributed by atoms with Gasteiger partial charge in [-0.05, 0) is 32.6 Å². The lowest BCUT2D eigenvalue weighted by Crippen LogP contribution is -2.19. The molecule has 0 aliphatic rings. The first-order chi connectivity index (χ1) is 9.63. The smallest absolute Gasteiger partial charge is 0.202 e. The first-order valence-electron chi connectivity index (χ1n) is 7.98. The maximum atomic E-state index is 5.37. The second kappa shape index (κ2) is 9.81. The monoisotopic (exact) mass is 281 g/mol. The van der Waals surface area contributed by atoms with Crippen LogP contribution >= 0.6 is 0 Å². The van der Waals surface area contributed by atoms with E-state index in [9.17, 15) is 0 Å². The van der Waals surface area contributed by atoms with Gasteiger partial charge < -0.3 is 14.6 Å². The average molecular weight is 281 g/mol. The third kappa shape index (κ3) is 6.94. The number of nitrogens with one attached hydrogen (secondary N) is 1. The van der Waals surface area contributed by atoms with Crippen molar-refractivity contribution in [3.63, 3.8) is 0 Å². The van der Waals surface area contributed by atoms with Crippen molar-refractivity contribution in [2.45, 2.75) is 66.0 Å². The molecule has 0 spiro atoms. The molecule has 1 unspecified atom stereocenters. The van der Waals surface area contributed by atoms with Crippen LogP contribution in [0.3, 0.4) is 0 Å². The second-order valence-corrected chi connectivity index (χ2v) is 5.86. The lowest BCUT2D eigenvalue weighted by atomic mass is 10.0. The summed E-state index contributed by atoms with van der Waals surface area (Å²) in [5.74, 6) is 1.78.